The maximum Gasteiger partial charge on any atom is 0.161 e. The van der Waals surface area contributed by atoms with Crippen molar-refractivity contribution < 1.29 is 4.79 Å². The molecule has 128 valence electrons. The van der Waals surface area contributed by atoms with Crippen molar-refractivity contribution in [3.05, 3.63) is 81.8 Å². The molecule has 0 aromatic heterocycles. The molecule has 1 aliphatic heterocycles. The number of anilines is 1. The smallest absolute Gasteiger partial charge is 0.161 e. The maximum absolute atomic E-state index is 12.9. The summed E-state index contributed by atoms with van der Waals surface area (Å²) in [4.78, 5) is 12.9. The molecule has 5 rings (SSSR count). The average Bonchev–Trinajstić information content (AvgIpc) is 2.67. The minimum absolute atomic E-state index is 0.0797. The SMILES string of the molecule is O=C1CCCC2=C1[C@H](c1cccc(Br)c1)Nc1ccc3ccccc3c12. The maximum atomic E-state index is 12.9. The zero-order chi connectivity index (χ0) is 17.7. The molecule has 1 heterocycles. The highest BCUT2D eigenvalue weighted by atomic mass is 79.9. The molecular formula is C23H18BrNO. The van der Waals surface area contributed by atoms with Crippen LogP contribution in [0.1, 0.15) is 36.4 Å². The van der Waals surface area contributed by atoms with Gasteiger partial charge in [-0.2, -0.15) is 0 Å². The second-order valence-corrected chi connectivity index (χ2v) is 7.93. The summed E-state index contributed by atoms with van der Waals surface area (Å²) in [6.07, 6.45) is 2.55. The highest BCUT2D eigenvalue weighted by Crippen LogP contribution is 2.48. The predicted molar refractivity (Wildman–Crippen MR) is 110 cm³/mol. The van der Waals surface area contributed by atoms with Crippen LogP contribution < -0.4 is 5.32 Å². The molecule has 0 fully saturated rings. The van der Waals surface area contributed by atoms with Crippen LogP contribution in [0.4, 0.5) is 5.69 Å². The van der Waals surface area contributed by atoms with Gasteiger partial charge in [0.2, 0.25) is 0 Å². The molecule has 0 saturated heterocycles. The van der Waals surface area contributed by atoms with Crippen molar-refractivity contribution in [1.29, 1.82) is 0 Å². The first-order valence-electron chi connectivity index (χ1n) is 9.03. The Morgan fingerprint density at radius 3 is 2.73 bits per heavy atom. The number of hydrogen-bond donors (Lipinski definition) is 1. The van der Waals surface area contributed by atoms with E-state index in [2.05, 4.69) is 69.8 Å². The standard InChI is InChI=1S/C23H18BrNO/c24-16-7-3-6-15(13-16)23-22-18(9-4-10-20(22)26)21-17-8-2-1-5-14(17)11-12-19(21)25-23/h1-3,5-8,11-13,23,25H,4,9-10H2/t23-/m0/s1. The van der Waals surface area contributed by atoms with E-state index in [9.17, 15) is 4.79 Å². The Bertz CT molecular complexity index is 1080. The summed E-state index contributed by atoms with van der Waals surface area (Å²) in [5.41, 5.74) is 5.66. The quantitative estimate of drug-likeness (QED) is 0.518. The van der Waals surface area contributed by atoms with Crippen LogP contribution in [0.2, 0.25) is 0 Å². The number of allylic oxidation sites excluding steroid dienone is 1. The summed E-state index contributed by atoms with van der Waals surface area (Å²) in [7, 11) is 0. The van der Waals surface area contributed by atoms with Gasteiger partial charge in [0.1, 0.15) is 0 Å². The monoisotopic (exact) mass is 403 g/mol. The van der Waals surface area contributed by atoms with Crippen LogP contribution in [0.15, 0.2) is 70.7 Å². The van der Waals surface area contributed by atoms with Gasteiger partial charge in [-0.05, 0) is 52.9 Å². The lowest BCUT2D eigenvalue weighted by atomic mass is 9.77. The molecule has 2 aliphatic rings. The van der Waals surface area contributed by atoms with Gasteiger partial charge in [0.15, 0.2) is 5.78 Å². The minimum atomic E-state index is -0.0797. The molecule has 0 unspecified atom stereocenters. The third-order valence-electron chi connectivity index (χ3n) is 5.46. The van der Waals surface area contributed by atoms with Crippen LogP contribution in [0.25, 0.3) is 16.3 Å². The number of carbonyl (C=O) groups is 1. The first-order chi connectivity index (χ1) is 12.7. The Kier molecular flexibility index (Phi) is 3.71. The van der Waals surface area contributed by atoms with Gasteiger partial charge in [0, 0.05) is 27.7 Å². The number of halogens is 1. The van der Waals surface area contributed by atoms with Gasteiger partial charge in [-0.1, -0.05) is 58.4 Å². The molecule has 3 heteroatoms. The molecule has 1 atom stereocenters. The van der Waals surface area contributed by atoms with E-state index in [1.165, 1.54) is 21.9 Å². The normalized spacial score (nSPS) is 19.1. The topological polar surface area (TPSA) is 29.1 Å². The number of ketones is 1. The van der Waals surface area contributed by atoms with Crippen molar-refractivity contribution in [2.75, 3.05) is 5.32 Å². The fourth-order valence-electron chi connectivity index (χ4n) is 4.34. The average molecular weight is 404 g/mol. The van der Waals surface area contributed by atoms with E-state index in [1.807, 2.05) is 12.1 Å². The summed E-state index contributed by atoms with van der Waals surface area (Å²) < 4.78 is 1.03. The molecule has 3 aromatic rings. The number of benzene rings is 3. The summed E-state index contributed by atoms with van der Waals surface area (Å²) >= 11 is 3.57. The van der Waals surface area contributed by atoms with Crippen LogP contribution in [-0.4, -0.2) is 5.78 Å². The third-order valence-corrected chi connectivity index (χ3v) is 5.95. The van der Waals surface area contributed by atoms with Crippen molar-refractivity contribution in [3.8, 4) is 0 Å². The van der Waals surface area contributed by atoms with E-state index in [-0.39, 0.29) is 11.8 Å². The van der Waals surface area contributed by atoms with Crippen LogP contribution in [0.3, 0.4) is 0 Å². The van der Waals surface area contributed by atoms with Gasteiger partial charge in [0.05, 0.1) is 6.04 Å². The number of Topliss-reactive ketones (excluding diaryl/α,β-unsaturated/α-hetero) is 1. The number of hydrogen-bond acceptors (Lipinski definition) is 2. The number of rotatable bonds is 1. The summed E-state index contributed by atoms with van der Waals surface area (Å²) in [5, 5.41) is 6.11. The van der Waals surface area contributed by atoms with Crippen molar-refractivity contribution in [3.63, 3.8) is 0 Å². The number of nitrogens with one attached hydrogen (secondary N) is 1. The Balaban J connectivity index is 1.79. The summed E-state index contributed by atoms with van der Waals surface area (Å²) in [5.74, 6) is 0.280. The van der Waals surface area contributed by atoms with Gasteiger partial charge < -0.3 is 5.32 Å². The molecule has 0 amide bonds. The molecule has 3 aromatic carbocycles. The predicted octanol–water partition coefficient (Wildman–Crippen LogP) is 6.28. The first kappa shape index (κ1) is 15.8. The summed E-state index contributed by atoms with van der Waals surface area (Å²) in [6, 6.07) is 20.9. The van der Waals surface area contributed by atoms with Crippen LogP contribution in [0.5, 0.6) is 0 Å². The Hall–Kier alpha value is -2.39. The molecule has 1 aliphatic carbocycles. The van der Waals surface area contributed by atoms with E-state index in [0.717, 1.165) is 34.1 Å². The van der Waals surface area contributed by atoms with E-state index in [0.29, 0.717) is 6.42 Å². The summed E-state index contributed by atoms with van der Waals surface area (Å²) in [6.45, 7) is 0. The molecule has 26 heavy (non-hydrogen) atoms. The lowest BCUT2D eigenvalue weighted by molar-refractivity contribution is -0.116. The molecule has 0 spiro atoms. The Morgan fingerprint density at radius 1 is 0.962 bits per heavy atom. The lowest BCUT2D eigenvalue weighted by Crippen LogP contribution is -2.27. The van der Waals surface area contributed by atoms with Crippen molar-refractivity contribution in [1.82, 2.24) is 0 Å². The zero-order valence-corrected chi connectivity index (χ0v) is 15.8. The molecule has 2 nitrogen and oxygen atoms in total. The fraction of sp³-hybridized carbons (Fsp3) is 0.174. The molecule has 0 bridgehead atoms. The van der Waals surface area contributed by atoms with Crippen LogP contribution in [0, 0.1) is 0 Å². The number of carbonyl (C=O) groups excluding carboxylic acids is 1. The van der Waals surface area contributed by atoms with E-state index < -0.39 is 0 Å². The van der Waals surface area contributed by atoms with Crippen molar-refractivity contribution in [2.45, 2.75) is 25.3 Å². The Labute approximate surface area is 161 Å². The van der Waals surface area contributed by atoms with Crippen molar-refractivity contribution >= 4 is 43.7 Å². The second kappa shape index (κ2) is 6.10. The van der Waals surface area contributed by atoms with E-state index in [4.69, 9.17) is 0 Å². The highest BCUT2D eigenvalue weighted by molar-refractivity contribution is 9.10. The lowest BCUT2D eigenvalue weighted by Gasteiger charge is -2.35. The fourth-order valence-corrected chi connectivity index (χ4v) is 4.76. The molecule has 0 radical (unpaired) electrons. The largest absolute Gasteiger partial charge is 0.373 e. The first-order valence-corrected chi connectivity index (χ1v) is 9.82. The van der Waals surface area contributed by atoms with Crippen molar-refractivity contribution in [2.24, 2.45) is 0 Å². The minimum Gasteiger partial charge on any atom is -0.373 e. The van der Waals surface area contributed by atoms with Gasteiger partial charge in [-0.15, -0.1) is 0 Å². The molecule has 1 N–H and O–H groups in total. The van der Waals surface area contributed by atoms with E-state index in [1.54, 1.807) is 0 Å². The van der Waals surface area contributed by atoms with Crippen LogP contribution in [-0.2, 0) is 4.79 Å². The van der Waals surface area contributed by atoms with Crippen LogP contribution >= 0.6 is 15.9 Å². The Morgan fingerprint density at radius 2 is 1.85 bits per heavy atom. The number of fused-ring (bicyclic) bond motifs is 4. The van der Waals surface area contributed by atoms with E-state index >= 15 is 0 Å². The molecule has 0 saturated carbocycles. The van der Waals surface area contributed by atoms with Gasteiger partial charge in [0.25, 0.3) is 0 Å². The zero-order valence-electron chi connectivity index (χ0n) is 14.3. The highest BCUT2D eigenvalue weighted by Gasteiger charge is 2.34. The van der Waals surface area contributed by atoms with Gasteiger partial charge in [-0.25, -0.2) is 0 Å². The molecular weight excluding hydrogens is 386 g/mol. The van der Waals surface area contributed by atoms with Gasteiger partial charge in [-0.3, -0.25) is 4.79 Å². The third kappa shape index (κ3) is 2.42. The second-order valence-electron chi connectivity index (χ2n) is 7.01. The van der Waals surface area contributed by atoms with Gasteiger partial charge >= 0.3 is 0 Å².